The molecule has 1 unspecified atom stereocenters. The summed E-state index contributed by atoms with van der Waals surface area (Å²) >= 11 is 0. The van der Waals surface area contributed by atoms with E-state index in [1.165, 1.54) is 10.4 Å². The number of nitriles is 1. The van der Waals surface area contributed by atoms with Crippen LogP contribution in [0.4, 0.5) is 0 Å². The van der Waals surface area contributed by atoms with Crippen molar-refractivity contribution in [3.63, 3.8) is 0 Å². The first-order chi connectivity index (χ1) is 15.3. The van der Waals surface area contributed by atoms with Crippen LogP contribution < -0.4 is 10.4 Å². The zero-order chi connectivity index (χ0) is 23.2. The number of esters is 1. The molecule has 3 rings (SSSR count). The Morgan fingerprint density at radius 2 is 1.50 bits per heavy atom. The summed E-state index contributed by atoms with van der Waals surface area (Å²) in [6, 6.07) is 23.4. The lowest BCUT2D eigenvalue weighted by atomic mass is 9.80. The van der Waals surface area contributed by atoms with Crippen molar-refractivity contribution in [1.82, 2.24) is 0 Å². The summed E-state index contributed by atoms with van der Waals surface area (Å²) in [6.45, 7) is 8.94. The van der Waals surface area contributed by atoms with E-state index in [-0.39, 0.29) is 22.8 Å². The van der Waals surface area contributed by atoms with Crippen molar-refractivity contribution in [3.05, 3.63) is 60.7 Å². The highest BCUT2D eigenvalue weighted by molar-refractivity contribution is 6.99. The van der Waals surface area contributed by atoms with Crippen molar-refractivity contribution in [3.8, 4) is 6.07 Å². The first-order valence-electron chi connectivity index (χ1n) is 11.7. The van der Waals surface area contributed by atoms with Crippen molar-refractivity contribution in [2.75, 3.05) is 6.61 Å². The largest absolute Gasteiger partial charge is 0.466 e. The highest BCUT2D eigenvalue weighted by Gasteiger charge is 2.52. The van der Waals surface area contributed by atoms with Crippen molar-refractivity contribution < 1.29 is 14.0 Å². The van der Waals surface area contributed by atoms with Crippen molar-refractivity contribution >= 4 is 24.7 Å². The topological polar surface area (TPSA) is 59.3 Å². The van der Waals surface area contributed by atoms with E-state index in [1.807, 2.05) is 19.1 Å². The second-order valence-corrected chi connectivity index (χ2v) is 13.9. The molecule has 0 N–H and O–H groups in total. The maximum absolute atomic E-state index is 12.2. The Morgan fingerprint density at radius 1 is 1.00 bits per heavy atom. The Labute approximate surface area is 193 Å². The van der Waals surface area contributed by atoms with Crippen LogP contribution in [0.25, 0.3) is 0 Å². The molecule has 0 spiro atoms. The molecule has 0 amide bonds. The minimum Gasteiger partial charge on any atom is -0.466 e. The molecule has 0 bridgehead atoms. The molecule has 0 radical (unpaired) electrons. The Kier molecular flexibility index (Phi) is 7.92. The Balaban J connectivity index is 1.94. The van der Waals surface area contributed by atoms with Crippen LogP contribution in [0.2, 0.25) is 5.04 Å². The lowest BCUT2D eigenvalue weighted by Crippen LogP contribution is -2.68. The van der Waals surface area contributed by atoms with Crippen molar-refractivity contribution in [2.24, 2.45) is 11.8 Å². The normalized spacial score (nSPS) is 20.2. The van der Waals surface area contributed by atoms with Crippen LogP contribution in [0.3, 0.4) is 0 Å². The van der Waals surface area contributed by atoms with Gasteiger partial charge in [0, 0.05) is 0 Å². The minimum absolute atomic E-state index is 0.0570. The Bertz CT molecular complexity index is 870. The predicted molar refractivity (Wildman–Crippen MR) is 130 cm³/mol. The third-order valence-electron chi connectivity index (χ3n) is 6.67. The number of benzene rings is 2. The molecule has 0 heterocycles. The van der Waals surface area contributed by atoms with Crippen LogP contribution in [-0.4, -0.2) is 27.0 Å². The van der Waals surface area contributed by atoms with Crippen LogP contribution in [-0.2, 0) is 14.0 Å². The summed E-state index contributed by atoms with van der Waals surface area (Å²) in [6.07, 6.45) is 2.61. The zero-order valence-electron chi connectivity index (χ0n) is 19.7. The van der Waals surface area contributed by atoms with Gasteiger partial charge < -0.3 is 9.16 Å². The van der Waals surface area contributed by atoms with Crippen LogP contribution in [0.5, 0.6) is 0 Å². The number of ether oxygens (including phenoxy) is 1. The molecule has 0 aromatic heterocycles. The number of rotatable bonds is 7. The number of carbonyl (C=O) groups is 1. The number of nitrogens with zero attached hydrogens (tertiary/aromatic N) is 1. The highest BCUT2D eigenvalue weighted by Crippen LogP contribution is 2.40. The molecule has 170 valence electrons. The van der Waals surface area contributed by atoms with E-state index >= 15 is 0 Å². The molecule has 1 saturated carbocycles. The number of hydrogen-bond donors (Lipinski definition) is 0. The zero-order valence-corrected chi connectivity index (χ0v) is 20.7. The molecule has 1 aliphatic carbocycles. The quantitative estimate of drug-likeness (QED) is 0.449. The fourth-order valence-corrected chi connectivity index (χ4v) is 9.67. The van der Waals surface area contributed by atoms with Gasteiger partial charge in [0.2, 0.25) is 0 Å². The monoisotopic (exact) mass is 449 g/mol. The summed E-state index contributed by atoms with van der Waals surface area (Å²) in [4.78, 5) is 12.2. The van der Waals surface area contributed by atoms with Gasteiger partial charge in [-0.3, -0.25) is 4.79 Å². The first-order valence-corrected chi connectivity index (χ1v) is 13.6. The van der Waals surface area contributed by atoms with E-state index in [0.717, 1.165) is 25.7 Å². The van der Waals surface area contributed by atoms with Gasteiger partial charge in [0.05, 0.1) is 18.6 Å². The van der Waals surface area contributed by atoms with Gasteiger partial charge in [-0.25, -0.2) is 0 Å². The van der Waals surface area contributed by atoms with Crippen molar-refractivity contribution in [1.29, 1.82) is 5.26 Å². The van der Waals surface area contributed by atoms with E-state index in [2.05, 4.69) is 75.4 Å². The molecule has 2 aromatic carbocycles. The predicted octanol–water partition coefficient (Wildman–Crippen LogP) is 4.82. The van der Waals surface area contributed by atoms with E-state index in [0.29, 0.717) is 6.61 Å². The molecule has 0 aliphatic heterocycles. The molecule has 2 aromatic rings. The standard InChI is InChI=1S/C27H35NO3Si/c1-5-30-26(29)22-18-16-21(17-19-22)25(20-28)31-32(27(2,3)4,23-12-8-6-9-13-23)24-14-10-7-11-15-24/h6-15,21-22,25H,5,16-19H2,1-4H3. The number of carbonyl (C=O) groups excluding carboxylic acids is 1. The molecule has 0 saturated heterocycles. The van der Waals surface area contributed by atoms with Gasteiger partial charge in [0.25, 0.3) is 8.32 Å². The molecule has 32 heavy (non-hydrogen) atoms. The van der Waals surface area contributed by atoms with Gasteiger partial charge in [0.15, 0.2) is 0 Å². The van der Waals surface area contributed by atoms with E-state index < -0.39 is 14.4 Å². The minimum atomic E-state index is -2.78. The average molecular weight is 450 g/mol. The summed E-state index contributed by atoms with van der Waals surface area (Å²) in [5.74, 6) is -0.0434. The Morgan fingerprint density at radius 3 is 1.91 bits per heavy atom. The summed E-state index contributed by atoms with van der Waals surface area (Å²) in [5.41, 5.74) is 0. The first kappa shape index (κ1) is 24.2. The number of hydrogen-bond acceptors (Lipinski definition) is 4. The van der Waals surface area contributed by atoms with Gasteiger partial charge in [-0.05, 0) is 53.9 Å². The lowest BCUT2D eigenvalue weighted by molar-refractivity contribution is -0.149. The van der Waals surface area contributed by atoms with Crippen molar-refractivity contribution in [2.45, 2.75) is 64.5 Å². The summed E-state index contributed by atoms with van der Waals surface area (Å²) < 4.78 is 12.3. The molecule has 1 atom stereocenters. The molecule has 4 nitrogen and oxygen atoms in total. The second-order valence-electron chi connectivity index (χ2n) is 9.69. The molecular weight excluding hydrogens is 414 g/mol. The average Bonchev–Trinajstić information content (AvgIpc) is 2.81. The van der Waals surface area contributed by atoms with E-state index in [4.69, 9.17) is 9.16 Å². The smallest absolute Gasteiger partial charge is 0.308 e. The van der Waals surface area contributed by atoms with E-state index in [1.54, 1.807) is 0 Å². The van der Waals surface area contributed by atoms with Gasteiger partial charge in [-0.1, -0.05) is 81.4 Å². The van der Waals surface area contributed by atoms with Gasteiger partial charge in [0.1, 0.15) is 6.10 Å². The maximum atomic E-state index is 12.2. The SMILES string of the molecule is CCOC(=O)C1CCC(C(C#N)O[Si](c2ccccc2)(c2ccccc2)C(C)(C)C)CC1. The molecule has 1 aliphatic rings. The molecular formula is C27H35NO3Si. The summed E-state index contributed by atoms with van der Waals surface area (Å²) in [7, 11) is -2.78. The van der Waals surface area contributed by atoms with E-state index in [9.17, 15) is 10.1 Å². The molecule has 5 heteroatoms. The second kappa shape index (κ2) is 10.5. The van der Waals surface area contributed by atoms with Crippen LogP contribution in [0, 0.1) is 23.2 Å². The highest BCUT2D eigenvalue weighted by atomic mass is 28.4. The van der Waals surface area contributed by atoms with Gasteiger partial charge in [-0.15, -0.1) is 0 Å². The third-order valence-corrected chi connectivity index (χ3v) is 11.7. The van der Waals surface area contributed by atoms with Gasteiger partial charge >= 0.3 is 5.97 Å². The fourth-order valence-electron chi connectivity index (χ4n) is 5.03. The van der Waals surface area contributed by atoms with Gasteiger partial charge in [-0.2, -0.15) is 5.26 Å². The maximum Gasteiger partial charge on any atom is 0.308 e. The third kappa shape index (κ3) is 4.97. The Hall–Kier alpha value is -2.42. The lowest BCUT2D eigenvalue weighted by Gasteiger charge is -2.45. The molecule has 1 fully saturated rings. The van der Waals surface area contributed by atoms with Crippen LogP contribution in [0.1, 0.15) is 53.4 Å². The fraction of sp³-hybridized carbons (Fsp3) is 0.481. The van der Waals surface area contributed by atoms with Crippen LogP contribution >= 0.6 is 0 Å². The summed E-state index contributed by atoms with van der Waals surface area (Å²) in [5, 5.41) is 12.4. The van der Waals surface area contributed by atoms with Crippen LogP contribution in [0.15, 0.2) is 60.7 Å².